The molecule has 134 valence electrons. The summed E-state index contributed by atoms with van der Waals surface area (Å²) in [5.41, 5.74) is 2.32. The van der Waals surface area contributed by atoms with Crippen LogP contribution in [-0.4, -0.2) is 24.7 Å². The summed E-state index contributed by atoms with van der Waals surface area (Å²) in [7, 11) is 0. The largest absolute Gasteiger partial charge is 0.326 e. The third-order valence-corrected chi connectivity index (χ3v) is 4.29. The van der Waals surface area contributed by atoms with Crippen LogP contribution in [0.15, 0.2) is 71.7 Å². The molecule has 0 bridgehead atoms. The Balaban J connectivity index is 1.74. The second kappa shape index (κ2) is 7.37. The zero-order chi connectivity index (χ0) is 18.6. The first-order valence-electron chi connectivity index (χ1n) is 8.82. The Kier molecular flexibility index (Phi) is 4.61. The van der Waals surface area contributed by atoms with Gasteiger partial charge in [0, 0.05) is 18.3 Å². The van der Waals surface area contributed by atoms with Crippen molar-refractivity contribution in [3.8, 4) is 17.2 Å². The van der Waals surface area contributed by atoms with Crippen LogP contribution in [0.25, 0.3) is 17.2 Å². The van der Waals surface area contributed by atoms with Gasteiger partial charge in [-0.15, -0.1) is 5.10 Å². The van der Waals surface area contributed by atoms with Gasteiger partial charge >= 0.3 is 0 Å². The maximum atomic E-state index is 12.5. The van der Waals surface area contributed by atoms with Gasteiger partial charge in [0.1, 0.15) is 0 Å². The lowest BCUT2D eigenvalue weighted by atomic mass is 10.1. The Morgan fingerprint density at radius 1 is 0.963 bits per heavy atom. The molecule has 0 fully saturated rings. The number of H-pyrrole nitrogens is 1. The first-order chi connectivity index (χ1) is 13.2. The van der Waals surface area contributed by atoms with Gasteiger partial charge in [0.05, 0.1) is 5.56 Å². The molecule has 0 atom stereocenters. The molecule has 1 aromatic carbocycles. The summed E-state index contributed by atoms with van der Waals surface area (Å²) in [6.07, 6.45) is 3.21. The number of aromatic amines is 1. The second-order valence-electron chi connectivity index (χ2n) is 6.32. The van der Waals surface area contributed by atoms with Crippen molar-refractivity contribution in [2.45, 2.75) is 19.8 Å². The van der Waals surface area contributed by atoms with Crippen molar-refractivity contribution in [1.29, 1.82) is 0 Å². The van der Waals surface area contributed by atoms with Crippen LogP contribution < -0.4 is 5.56 Å². The fourth-order valence-corrected chi connectivity index (χ4v) is 2.92. The van der Waals surface area contributed by atoms with E-state index in [1.54, 1.807) is 16.9 Å². The topological polar surface area (TPSA) is 76.5 Å². The van der Waals surface area contributed by atoms with Gasteiger partial charge in [-0.05, 0) is 43.2 Å². The monoisotopic (exact) mass is 357 g/mol. The highest BCUT2D eigenvalue weighted by atomic mass is 16.1. The van der Waals surface area contributed by atoms with Crippen LogP contribution in [0.3, 0.4) is 0 Å². The van der Waals surface area contributed by atoms with E-state index in [0.717, 1.165) is 12.1 Å². The number of hydrogen-bond donors (Lipinski definition) is 1. The maximum Gasteiger partial charge on any atom is 0.259 e. The van der Waals surface area contributed by atoms with Gasteiger partial charge in [0.25, 0.3) is 5.56 Å². The number of aryl methyl sites for hydroxylation is 3. The third-order valence-electron chi connectivity index (χ3n) is 4.29. The molecule has 0 spiro atoms. The molecule has 3 aromatic heterocycles. The molecule has 0 amide bonds. The Bertz CT molecular complexity index is 1100. The number of nitrogens with zero attached hydrogens (tertiary/aromatic N) is 4. The first kappa shape index (κ1) is 16.9. The predicted octanol–water partition coefficient (Wildman–Crippen LogP) is 3.11. The molecule has 4 aromatic rings. The van der Waals surface area contributed by atoms with Gasteiger partial charge in [0.15, 0.2) is 17.5 Å². The highest BCUT2D eigenvalue weighted by Gasteiger charge is 2.17. The molecular formula is C21H19N5O. The lowest BCUT2D eigenvalue weighted by Crippen LogP contribution is -2.13. The Morgan fingerprint density at radius 2 is 1.78 bits per heavy atom. The molecule has 0 aliphatic heterocycles. The van der Waals surface area contributed by atoms with Gasteiger partial charge < -0.3 is 4.98 Å². The van der Waals surface area contributed by atoms with Crippen LogP contribution >= 0.6 is 0 Å². The standard InChI is InChI=1S/C21H19N5O/c1-15-10-12-17(21(27)23-15)20-24-18(13-11-16-7-3-2-4-8-16)25-26(20)19-9-5-6-14-22-19/h2-10,12,14H,11,13H2,1H3,(H,23,27). The number of hydrogen-bond acceptors (Lipinski definition) is 4. The van der Waals surface area contributed by atoms with Gasteiger partial charge in [-0.1, -0.05) is 36.4 Å². The van der Waals surface area contributed by atoms with Crippen molar-refractivity contribution in [3.63, 3.8) is 0 Å². The molecule has 0 radical (unpaired) electrons. The van der Waals surface area contributed by atoms with Crippen molar-refractivity contribution >= 4 is 0 Å². The Hall–Kier alpha value is -3.54. The van der Waals surface area contributed by atoms with E-state index in [1.807, 2.05) is 49.4 Å². The number of benzene rings is 1. The fourth-order valence-electron chi connectivity index (χ4n) is 2.92. The number of nitrogens with one attached hydrogen (secondary N) is 1. The number of rotatable bonds is 5. The van der Waals surface area contributed by atoms with Crippen molar-refractivity contribution in [1.82, 2.24) is 24.7 Å². The molecule has 6 heteroatoms. The van der Waals surface area contributed by atoms with Crippen LogP contribution in [-0.2, 0) is 12.8 Å². The first-order valence-corrected chi connectivity index (χ1v) is 8.82. The van der Waals surface area contributed by atoms with Crippen molar-refractivity contribution in [2.24, 2.45) is 0 Å². The van der Waals surface area contributed by atoms with Crippen molar-refractivity contribution in [2.75, 3.05) is 0 Å². The van der Waals surface area contributed by atoms with E-state index >= 15 is 0 Å². The molecule has 0 saturated carbocycles. The number of aromatic nitrogens is 5. The molecule has 0 saturated heterocycles. The lowest BCUT2D eigenvalue weighted by Gasteiger charge is -2.04. The van der Waals surface area contributed by atoms with Crippen LogP contribution in [0.4, 0.5) is 0 Å². The molecule has 3 heterocycles. The summed E-state index contributed by atoms with van der Waals surface area (Å²) in [4.78, 5) is 24.3. The zero-order valence-electron chi connectivity index (χ0n) is 15.0. The second-order valence-corrected chi connectivity index (χ2v) is 6.32. The summed E-state index contributed by atoms with van der Waals surface area (Å²) >= 11 is 0. The van der Waals surface area contributed by atoms with Crippen molar-refractivity contribution < 1.29 is 0 Å². The van der Waals surface area contributed by atoms with E-state index in [9.17, 15) is 4.79 Å². The normalized spacial score (nSPS) is 10.9. The predicted molar refractivity (Wildman–Crippen MR) is 104 cm³/mol. The lowest BCUT2D eigenvalue weighted by molar-refractivity contribution is 0.797. The van der Waals surface area contributed by atoms with E-state index in [0.29, 0.717) is 29.5 Å². The molecular weight excluding hydrogens is 338 g/mol. The minimum absolute atomic E-state index is 0.186. The van der Waals surface area contributed by atoms with Gasteiger partial charge in [0.2, 0.25) is 0 Å². The zero-order valence-corrected chi connectivity index (χ0v) is 15.0. The van der Waals surface area contributed by atoms with Crippen molar-refractivity contribution in [3.05, 3.63) is 94.3 Å². The van der Waals surface area contributed by atoms with E-state index in [4.69, 9.17) is 0 Å². The highest BCUT2D eigenvalue weighted by Crippen LogP contribution is 2.18. The van der Waals surface area contributed by atoms with E-state index in [-0.39, 0.29) is 5.56 Å². The van der Waals surface area contributed by atoms with Crippen LogP contribution in [0.2, 0.25) is 0 Å². The maximum absolute atomic E-state index is 12.5. The number of pyridine rings is 2. The average molecular weight is 357 g/mol. The Labute approximate surface area is 156 Å². The summed E-state index contributed by atoms with van der Waals surface area (Å²) in [6.45, 7) is 1.85. The van der Waals surface area contributed by atoms with Crippen LogP contribution in [0, 0.1) is 6.92 Å². The summed E-state index contributed by atoms with van der Waals surface area (Å²) in [6, 6.07) is 19.4. The molecule has 1 N–H and O–H groups in total. The molecule has 27 heavy (non-hydrogen) atoms. The SMILES string of the molecule is Cc1ccc(-c2nc(CCc3ccccc3)nn2-c2ccccn2)c(=O)[nH]1. The molecule has 0 unspecified atom stereocenters. The summed E-state index contributed by atoms with van der Waals surface area (Å²) in [5.74, 6) is 1.81. The highest BCUT2D eigenvalue weighted by molar-refractivity contribution is 5.56. The van der Waals surface area contributed by atoms with Gasteiger partial charge in [-0.2, -0.15) is 4.68 Å². The van der Waals surface area contributed by atoms with Crippen LogP contribution in [0.1, 0.15) is 17.1 Å². The van der Waals surface area contributed by atoms with E-state index in [1.165, 1.54) is 5.56 Å². The Morgan fingerprint density at radius 3 is 2.52 bits per heavy atom. The van der Waals surface area contributed by atoms with E-state index in [2.05, 4.69) is 32.2 Å². The summed E-state index contributed by atoms with van der Waals surface area (Å²) < 4.78 is 1.64. The minimum atomic E-state index is -0.186. The minimum Gasteiger partial charge on any atom is -0.326 e. The molecule has 4 rings (SSSR count). The quantitative estimate of drug-likeness (QED) is 0.595. The molecule has 0 aliphatic rings. The smallest absolute Gasteiger partial charge is 0.259 e. The van der Waals surface area contributed by atoms with E-state index < -0.39 is 0 Å². The average Bonchev–Trinajstić information content (AvgIpc) is 3.12. The van der Waals surface area contributed by atoms with Gasteiger partial charge in [-0.25, -0.2) is 9.97 Å². The van der Waals surface area contributed by atoms with Crippen LogP contribution in [0.5, 0.6) is 0 Å². The fraction of sp³-hybridized carbons (Fsp3) is 0.143. The molecule has 6 nitrogen and oxygen atoms in total. The third kappa shape index (κ3) is 3.69. The van der Waals surface area contributed by atoms with Gasteiger partial charge in [-0.3, -0.25) is 4.79 Å². The summed E-state index contributed by atoms with van der Waals surface area (Å²) in [5, 5.41) is 4.63. The molecule has 0 aliphatic carbocycles.